The van der Waals surface area contributed by atoms with Crippen LogP contribution in [0.3, 0.4) is 0 Å². The standard InChI is InChI=1S/C18H24ClNO5/c1-12-11-14(19)3-4-16(12)25-13(2)18(23)20(8-5-17(21)22)15-6-9-24-10-7-15/h3-4,11,13,15H,5-10H2,1-2H3,(H,21,22). The maximum atomic E-state index is 12.9. The number of aliphatic carboxylic acids is 1. The van der Waals surface area contributed by atoms with Crippen LogP contribution in [0.4, 0.5) is 0 Å². The van der Waals surface area contributed by atoms with Gasteiger partial charge in [-0.15, -0.1) is 0 Å². The molecule has 1 aromatic carbocycles. The van der Waals surface area contributed by atoms with Gasteiger partial charge >= 0.3 is 5.97 Å². The van der Waals surface area contributed by atoms with E-state index in [1.165, 1.54) is 0 Å². The summed E-state index contributed by atoms with van der Waals surface area (Å²) in [4.78, 5) is 25.5. The Hall–Kier alpha value is -1.79. The topological polar surface area (TPSA) is 76.1 Å². The van der Waals surface area contributed by atoms with E-state index >= 15 is 0 Å². The van der Waals surface area contributed by atoms with Gasteiger partial charge in [0.15, 0.2) is 6.10 Å². The highest BCUT2D eigenvalue weighted by Gasteiger charge is 2.30. The lowest BCUT2D eigenvalue weighted by molar-refractivity contribution is -0.144. The molecular weight excluding hydrogens is 346 g/mol. The summed E-state index contributed by atoms with van der Waals surface area (Å²) in [5, 5.41) is 9.58. The quantitative estimate of drug-likeness (QED) is 0.799. The summed E-state index contributed by atoms with van der Waals surface area (Å²) in [6.07, 6.45) is 0.614. The minimum atomic E-state index is -0.924. The molecule has 1 fully saturated rings. The van der Waals surface area contributed by atoms with E-state index in [2.05, 4.69) is 0 Å². The Morgan fingerprint density at radius 3 is 2.68 bits per heavy atom. The Balaban J connectivity index is 2.08. The Morgan fingerprint density at radius 1 is 1.40 bits per heavy atom. The molecule has 0 bridgehead atoms. The third-order valence-corrected chi connectivity index (χ3v) is 4.50. The van der Waals surface area contributed by atoms with Crippen molar-refractivity contribution in [3.05, 3.63) is 28.8 Å². The Bertz CT molecular complexity index is 615. The molecular formula is C18H24ClNO5. The number of rotatable bonds is 7. The predicted molar refractivity (Wildman–Crippen MR) is 94.1 cm³/mol. The Morgan fingerprint density at radius 2 is 2.08 bits per heavy atom. The fourth-order valence-corrected chi connectivity index (χ4v) is 3.13. The molecule has 0 saturated carbocycles. The van der Waals surface area contributed by atoms with Crippen molar-refractivity contribution in [3.8, 4) is 5.75 Å². The van der Waals surface area contributed by atoms with E-state index in [9.17, 15) is 9.59 Å². The smallest absolute Gasteiger partial charge is 0.305 e. The molecule has 6 nitrogen and oxygen atoms in total. The van der Waals surface area contributed by atoms with Gasteiger partial charge in [0.1, 0.15) is 5.75 Å². The lowest BCUT2D eigenvalue weighted by atomic mass is 10.1. The molecule has 1 saturated heterocycles. The third-order valence-electron chi connectivity index (χ3n) is 4.27. The first-order chi connectivity index (χ1) is 11.9. The summed E-state index contributed by atoms with van der Waals surface area (Å²) < 4.78 is 11.2. The second-order valence-electron chi connectivity index (χ2n) is 6.19. The van der Waals surface area contributed by atoms with Gasteiger partial charge in [-0.2, -0.15) is 0 Å². The molecule has 138 valence electrons. The van der Waals surface area contributed by atoms with Gasteiger partial charge < -0.3 is 19.5 Å². The first-order valence-electron chi connectivity index (χ1n) is 8.41. The number of hydrogen-bond donors (Lipinski definition) is 1. The summed E-state index contributed by atoms with van der Waals surface area (Å²) in [6, 6.07) is 5.20. The van der Waals surface area contributed by atoms with E-state index in [0.717, 1.165) is 5.56 Å². The second-order valence-corrected chi connectivity index (χ2v) is 6.63. The van der Waals surface area contributed by atoms with Crippen LogP contribution in [0.5, 0.6) is 5.75 Å². The number of carboxylic acid groups (broad SMARTS) is 1. The predicted octanol–water partition coefficient (Wildman–Crippen LogP) is 2.90. The zero-order chi connectivity index (χ0) is 18.4. The minimum absolute atomic E-state index is 0.0158. The van der Waals surface area contributed by atoms with Gasteiger partial charge in [0.2, 0.25) is 0 Å². The minimum Gasteiger partial charge on any atom is -0.481 e. The van der Waals surface area contributed by atoms with Crippen molar-refractivity contribution in [2.75, 3.05) is 19.8 Å². The van der Waals surface area contributed by atoms with Gasteiger partial charge in [-0.3, -0.25) is 9.59 Å². The van der Waals surface area contributed by atoms with E-state index in [1.54, 1.807) is 30.0 Å². The third kappa shape index (κ3) is 5.61. The first-order valence-corrected chi connectivity index (χ1v) is 8.79. The molecule has 0 spiro atoms. The SMILES string of the molecule is Cc1cc(Cl)ccc1OC(C)C(=O)N(CCC(=O)O)C1CCOCC1. The maximum Gasteiger partial charge on any atom is 0.305 e. The average Bonchev–Trinajstić information content (AvgIpc) is 2.58. The molecule has 1 amide bonds. The van der Waals surface area contributed by atoms with Crippen molar-refractivity contribution >= 4 is 23.5 Å². The number of carbonyl (C=O) groups is 2. The highest BCUT2D eigenvalue weighted by atomic mass is 35.5. The van der Waals surface area contributed by atoms with E-state index in [4.69, 9.17) is 26.2 Å². The van der Waals surface area contributed by atoms with Crippen LogP contribution in [0.2, 0.25) is 5.02 Å². The van der Waals surface area contributed by atoms with Gasteiger partial charge in [0.05, 0.1) is 6.42 Å². The van der Waals surface area contributed by atoms with Crippen LogP contribution < -0.4 is 4.74 Å². The zero-order valence-corrected chi connectivity index (χ0v) is 15.3. The molecule has 25 heavy (non-hydrogen) atoms. The number of nitrogens with zero attached hydrogens (tertiary/aromatic N) is 1. The van der Waals surface area contributed by atoms with E-state index in [0.29, 0.717) is 36.8 Å². The van der Waals surface area contributed by atoms with Crippen molar-refractivity contribution < 1.29 is 24.2 Å². The van der Waals surface area contributed by atoms with E-state index in [1.807, 2.05) is 6.92 Å². The van der Waals surface area contributed by atoms with Crippen molar-refractivity contribution in [1.29, 1.82) is 0 Å². The molecule has 0 aliphatic carbocycles. The summed E-state index contributed by atoms with van der Waals surface area (Å²) in [6.45, 7) is 4.87. The summed E-state index contributed by atoms with van der Waals surface area (Å²) in [5.41, 5.74) is 0.843. The number of carbonyl (C=O) groups excluding carboxylic acids is 1. The first kappa shape index (κ1) is 19.5. The Kier molecular flexibility index (Phi) is 7.08. The summed E-state index contributed by atoms with van der Waals surface area (Å²) in [5.74, 6) is -0.537. The van der Waals surface area contributed by atoms with Crippen LogP contribution in [0.15, 0.2) is 18.2 Å². The van der Waals surface area contributed by atoms with Gasteiger partial charge in [0, 0.05) is 30.8 Å². The van der Waals surface area contributed by atoms with Crippen LogP contribution >= 0.6 is 11.6 Å². The fourth-order valence-electron chi connectivity index (χ4n) is 2.91. The highest BCUT2D eigenvalue weighted by molar-refractivity contribution is 6.30. The van der Waals surface area contributed by atoms with E-state index < -0.39 is 12.1 Å². The number of aryl methyl sites for hydroxylation is 1. The van der Waals surface area contributed by atoms with Crippen LogP contribution in [0, 0.1) is 6.92 Å². The second kappa shape index (κ2) is 9.06. The summed E-state index contributed by atoms with van der Waals surface area (Å²) in [7, 11) is 0. The fraction of sp³-hybridized carbons (Fsp3) is 0.556. The number of benzene rings is 1. The monoisotopic (exact) mass is 369 g/mol. The van der Waals surface area contributed by atoms with Crippen LogP contribution in [0.25, 0.3) is 0 Å². The van der Waals surface area contributed by atoms with Gasteiger partial charge in [0.25, 0.3) is 5.91 Å². The van der Waals surface area contributed by atoms with Crippen molar-refractivity contribution in [1.82, 2.24) is 4.90 Å². The van der Waals surface area contributed by atoms with Crippen LogP contribution in [0.1, 0.15) is 31.7 Å². The Labute approximate surface area is 152 Å². The molecule has 1 aromatic rings. The normalized spacial score (nSPS) is 16.3. The molecule has 0 radical (unpaired) electrons. The molecule has 1 heterocycles. The van der Waals surface area contributed by atoms with Gasteiger partial charge in [-0.25, -0.2) is 0 Å². The number of ether oxygens (including phenoxy) is 2. The van der Waals surface area contributed by atoms with Gasteiger partial charge in [-0.05, 0) is 50.5 Å². The lowest BCUT2D eigenvalue weighted by Crippen LogP contribution is -2.49. The molecule has 1 aliphatic rings. The molecule has 2 rings (SSSR count). The summed E-state index contributed by atoms with van der Waals surface area (Å²) >= 11 is 5.94. The van der Waals surface area contributed by atoms with Crippen LogP contribution in [-0.2, 0) is 14.3 Å². The zero-order valence-electron chi connectivity index (χ0n) is 14.5. The number of hydrogen-bond acceptors (Lipinski definition) is 4. The highest BCUT2D eigenvalue weighted by Crippen LogP contribution is 2.24. The number of halogens is 1. The largest absolute Gasteiger partial charge is 0.481 e. The van der Waals surface area contributed by atoms with Crippen molar-refractivity contribution in [2.45, 2.75) is 45.3 Å². The molecule has 1 aliphatic heterocycles. The van der Waals surface area contributed by atoms with E-state index in [-0.39, 0.29) is 24.9 Å². The molecule has 7 heteroatoms. The average molecular weight is 370 g/mol. The molecule has 1 N–H and O–H groups in total. The van der Waals surface area contributed by atoms with Gasteiger partial charge in [-0.1, -0.05) is 11.6 Å². The van der Waals surface area contributed by atoms with Crippen LogP contribution in [-0.4, -0.2) is 53.8 Å². The lowest BCUT2D eigenvalue weighted by Gasteiger charge is -2.35. The van der Waals surface area contributed by atoms with Crippen molar-refractivity contribution in [2.24, 2.45) is 0 Å². The molecule has 0 aromatic heterocycles. The maximum absolute atomic E-state index is 12.9. The van der Waals surface area contributed by atoms with Crippen molar-refractivity contribution in [3.63, 3.8) is 0 Å². The molecule has 1 unspecified atom stereocenters. The number of amides is 1. The number of carboxylic acids is 1. The molecule has 1 atom stereocenters.